The normalized spacial score (nSPS) is 16.4. The largest absolute Gasteiger partial charge is 0.308 e. The quantitative estimate of drug-likeness (QED) is 0.855. The summed E-state index contributed by atoms with van der Waals surface area (Å²) in [7, 11) is 0. The van der Waals surface area contributed by atoms with Crippen molar-refractivity contribution in [3.63, 3.8) is 0 Å². The third-order valence-corrected chi connectivity index (χ3v) is 2.41. The Labute approximate surface area is 80.5 Å². The molecule has 2 nitrogen and oxygen atoms in total. The topological polar surface area (TPSA) is 24.9 Å². The lowest BCUT2D eigenvalue weighted by Gasteiger charge is -2.01. The highest BCUT2D eigenvalue weighted by molar-refractivity contribution is 9.10. The van der Waals surface area contributed by atoms with Gasteiger partial charge in [0.1, 0.15) is 0 Å². The van der Waals surface area contributed by atoms with E-state index >= 15 is 0 Å². The molecule has 64 valence electrons. The molecule has 1 N–H and O–H groups in total. The second kappa shape index (κ2) is 3.54. The number of rotatable bonds is 3. The number of nitrogens with zero attached hydrogens (tertiary/aromatic N) is 1. The first kappa shape index (κ1) is 8.20. The number of hydrogen-bond acceptors (Lipinski definition) is 2. The molecule has 1 heterocycles. The predicted molar refractivity (Wildman–Crippen MR) is 51.8 cm³/mol. The van der Waals surface area contributed by atoms with Gasteiger partial charge in [-0.25, -0.2) is 0 Å². The van der Waals surface area contributed by atoms with Gasteiger partial charge in [0.15, 0.2) is 0 Å². The summed E-state index contributed by atoms with van der Waals surface area (Å²) >= 11 is 3.35. The van der Waals surface area contributed by atoms with E-state index in [-0.39, 0.29) is 0 Å². The molecule has 0 aliphatic heterocycles. The Kier molecular flexibility index (Phi) is 2.42. The number of hydrogen-bond donors (Lipinski definition) is 1. The van der Waals surface area contributed by atoms with Crippen molar-refractivity contribution in [1.82, 2.24) is 10.3 Å². The molecule has 0 saturated heterocycles. The monoisotopic (exact) mass is 226 g/mol. The van der Waals surface area contributed by atoms with Gasteiger partial charge in [0.2, 0.25) is 0 Å². The van der Waals surface area contributed by atoms with Gasteiger partial charge in [0.05, 0.1) is 5.69 Å². The van der Waals surface area contributed by atoms with Crippen LogP contribution < -0.4 is 5.32 Å². The van der Waals surface area contributed by atoms with Crippen LogP contribution in [0.3, 0.4) is 0 Å². The maximum absolute atomic E-state index is 4.27. The summed E-state index contributed by atoms with van der Waals surface area (Å²) in [6.07, 6.45) is 4.50. The molecule has 0 unspecified atom stereocenters. The fraction of sp³-hybridized carbons (Fsp3) is 0.444. The van der Waals surface area contributed by atoms with Crippen molar-refractivity contribution in [2.45, 2.75) is 25.4 Å². The number of aromatic nitrogens is 1. The first-order chi connectivity index (χ1) is 5.84. The average Bonchev–Trinajstić information content (AvgIpc) is 2.87. The van der Waals surface area contributed by atoms with E-state index in [0.717, 1.165) is 22.8 Å². The molecule has 0 aromatic carbocycles. The zero-order valence-electron chi connectivity index (χ0n) is 6.76. The molecule has 1 aromatic rings. The molecular formula is C9H11BrN2. The Morgan fingerprint density at radius 3 is 2.92 bits per heavy atom. The first-order valence-electron chi connectivity index (χ1n) is 4.18. The molecule has 0 amide bonds. The highest BCUT2D eigenvalue weighted by Crippen LogP contribution is 2.19. The molecule has 0 atom stereocenters. The van der Waals surface area contributed by atoms with Gasteiger partial charge in [-0.3, -0.25) is 4.98 Å². The molecule has 1 fully saturated rings. The van der Waals surface area contributed by atoms with Crippen LogP contribution >= 0.6 is 15.9 Å². The minimum Gasteiger partial charge on any atom is -0.308 e. The lowest BCUT2D eigenvalue weighted by atomic mass is 10.3. The minimum atomic E-state index is 0.760. The van der Waals surface area contributed by atoms with Gasteiger partial charge in [-0.1, -0.05) is 0 Å². The van der Waals surface area contributed by atoms with E-state index < -0.39 is 0 Å². The van der Waals surface area contributed by atoms with Crippen molar-refractivity contribution in [3.05, 3.63) is 28.5 Å². The number of nitrogens with one attached hydrogen (secondary N) is 1. The van der Waals surface area contributed by atoms with Crippen LogP contribution in [0.4, 0.5) is 0 Å². The average molecular weight is 227 g/mol. The second-order valence-electron chi connectivity index (χ2n) is 3.12. The molecule has 12 heavy (non-hydrogen) atoms. The maximum Gasteiger partial charge on any atom is 0.0542 e. The smallest absolute Gasteiger partial charge is 0.0542 e. The molecule has 1 aliphatic carbocycles. The van der Waals surface area contributed by atoms with Crippen LogP contribution in [0.2, 0.25) is 0 Å². The molecule has 0 bridgehead atoms. The summed E-state index contributed by atoms with van der Waals surface area (Å²) in [4.78, 5) is 4.27. The van der Waals surface area contributed by atoms with Crippen molar-refractivity contribution >= 4 is 15.9 Å². The summed E-state index contributed by atoms with van der Waals surface area (Å²) < 4.78 is 1.04. The molecule has 1 aliphatic rings. The summed E-state index contributed by atoms with van der Waals surface area (Å²) in [5, 5.41) is 3.41. The Bertz CT molecular complexity index is 254. The van der Waals surface area contributed by atoms with Gasteiger partial charge < -0.3 is 5.32 Å². The van der Waals surface area contributed by atoms with Crippen molar-refractivity contribution in [2.75, 3.05) is 0 Å². The lowest BCUT2D eigenvalue weighted by molar-refractivity contribution is 0.674. The van der Waals surface area contributed by atoms with E-state index in [1.807, 2.05) is 18.3 Å². The van der Waals surface area contributed by atoms with E-state index in [4.69, 9.17) is 0 Å². The van der Waals surface area contributed by atoms with E-state index in [0.29, 0.717) is 0 Å². The zero-order chi connectivity index (χ0) is 8.39. The van der Waals surface area contributed by atoms with Crippen LogP contribution in [0.1, 0.15) is 18.5 Å². The van der Waals surface area contributed by atoms with Crippen LogP contribution in [0.15, 0.2) is 22.8 Å². The van der Waals surface area contributed by atoms with E-state index in [2.05, 4.69) is 26.2 Å². The van der Waals surface area contributed by atoms with Gasteiger partial charge in [-0.05, 0) is 40.9 Å². The molecule has 0 spiro atoms. The zero-order valence-corrected chi connectivity index (χ0v) is 8.34. The third-order valence-electron chi connectivity index (χ3n) is 1.94. The Morgan fingerprint density at radius 2 is 2.33 bits per heavy atom. The van der Waals surface area contributed by atoms with Crippen LogP contribution in [-0.2, 0) is 6.54 Å². The van der Waals surface area contributed by atoms with E-state index in [9.17, 15) is 0 Å². The molecule has 3 heteroatoms. The fourth-order valence-electron chi connectivity index (χ4n) is 1.05. The Balaban J connectivity index is 1.89. The van der Waals surface area contributed by atoms with Crippen molar-refractivity contribution in [2.24, 2.45) is 0 Å². The third kappa shape index (κ3) is 2.29. The van der Waals surface area contributed by atoms with E-state index in [1.54, 1.807) is 0 Å². The summed E-state index contributed by atoms with van der Waals surface area (Å²) in [5.74, 6) is 0. The number of pyridine rings is 1. The van der Waals surface area contributed by atoms with Crippen LogP contribution in [-0.4, -0.2) is 11.0 Å². The minimum absolute atomic E-state index is 0.760. The predicted octanol–water partition coefficient (Wildman–Crippen LogP) is 2.10. The SMILES string of the molecule is Brc1ccc(CNC2CC2)nc1. The lowest BCUT2D eigenvalue weighted by Crippen LogP contribution is -2.15. The van der Waals surface area contributed by atoms with E-state index in [1.165, 1.54) is 12.8 Å². The molecule has 1 saturated carbocycles. The highest BCUT2D eigenvalue weighted by Gasteiger charge is 2.19. The standard InChI is InChI=1S/C9H11BrN2/c10-7-1-2-9(11-5-7)6-12-8-3-4-8/h1-2,5,8,12H,3-4,6H2. The first-order valence-corrected chi connectivity index (χ1v) is 4.98. The van der Waals surface area contributed by atoms with Crippen molar-refractivity contribution in [1.29, 1.82) is 0 Å². The molecule has 2 rings (SSSR count). The summed E-state index contributed by atoms with van der Waals surface area (Å²) in [6, 6.07) is 4.83. The van der Waals surface area contributed by atoms with Gasteiger partial charge in [0, 0.05) is 23.3 Å². The molecule has 0 radical (unpaired) electrons. The van der Waals surface area contributed by atoms with Crippen LogP contribution in [0, 0.1) is 0 Å². The Morgan fingerprint density at radius 1 is 1.50 bits per heavy atom. The number of halogens is 1. The van der Waals surface area contributed by atoms with Gasteiger partial charge in [-0.15, -0.1) is 0 Å². The van der Waals surface area contributed by atoms with Gasteiger partial charge in [-0.2, -0.15) is 0 Å². The molecular weight excluding hydrogens is 216 g/mol. The van der Waals surface area contributed by atoms with Gasteiger partial charge >= 0.3 is 0 Å². The Hall–Kier alpha value is -0.410. The maximum atomic E-state index is 4.27. The molecule has 1 aromatic heterocycles. The second-order valence-corrected chi connectivity index (χ2v) is 4.04. The van der Waals surface area contributed by atoms with Crippen molar-refractivity contribution in [3.8, 4) is 0 Å². The summed E-state index contributed by atoms with van der Waals surface area (Å²) in [5.41, 5.74) is 1.12. The van der Waals surface area contributed by atoms with Crippen LogP contribution in [0.5, 0.6) is 0 Å². The van der Waals surface area contributed by atoms with Crippen LogP contribution in [0.25, 0.3) is 0 Å². The highest BCUT2D eigenvalue weighted by atomic mass is 79.9. The fourth-order valence-corrected chi connectivity index (χ4v) is 1.28. The van der Waals surface area contributed by atoms with Gasteiger partial charge in [0.25, 0.3) is 0 Å². The summed E-state index contributed by atoms with van der Waals surface area (Å²) in [6.45, 7) is 0.901. The van der Waals surface area contributed by atoms with Crippen molar-refractivity contribution < 1.29 is 0 Å².